The lowest BCUT2D eigenvalue weighted by molar-refractivity contribution is 0.0954. The molecule has 1 amide bonds. The van der Waals surface area contributed by atoms with Gasteiger partial charge < -0.3 is 14.2 Å². The minimum absolute atomic E-state index is 0.361. The Labute approximate surface area is 196 Å². The summed E-state index contributed by atoms with van der Waals surface area (Å²) < 4.78 is 17.9. The number of nitrogens with zero attached hydrogens (tertiary/aromatic N) is 1. The monoisotopic (exact) mass is 496 g/mol. The molecule has 1 N–H and O–H groups in total. The van der Waals surface area contributed by atoms with Crippen LogP contribution in [0.2, 0.25) is 0 Å². The second-order valence-electron chi connectivity index (χ2n) is 6.87. The maximum absolute atomic E-state index is 12.6. The molecule has 0 aliphatic carbocycles. The molecule has 0 spiro atoms. The molecule has 0 unspecified atom stereocenters. The third kappa shape index (κ3) is 6.59. The number of benzene rings is 3. The first-order valence-electron chi connectivity index (χ1n) is 10.2. The predicted octanol–water partition coefficient (Wildman–Crippen LogP) is 5.59. The Morgan fingerprint density at radius 1 is 1.00 bits per heavy atom. The van der Waals surface area contributed by atoms with Gasteiger partial charge in [-0.15, -0.1) is 0 Å². The molecule has 0 aliphatic heterocycles. The van der Waals surface area contributed by atoms with Crippen LogP contribution in [0.15, 0.2) is 76.3 Å². The average Bonchev–Trinajstić information content (AvgIpc) is 2.82. The van der Waals surface area contributed by atoms with Crippen molar-refractivity contribution in [2.75, 3.05) is 13.7 Å². The zero-order chi connectivity index (χ0) is 22.8. The quantitative estimate of drug-likeness (QED) is 0.293. The molecule has 0 saturated heterocycles. The van der Waals surface area contributed by atoms with E-state index in [1.54, 1.807) is 24.4 Å². The fraction of sp³-hybridized carbons (Fsp3) is 0.200. The maximum Gasteiger partial charge on any atom is 0.271 e. The lowest BCUT2D eigenvalue weighted by Crippen LogP contribution is -2.17. The van der Waals surface area contributed by atoms with Crippen molar-refractivity contribution >= 4 is 28.1 Å². The van der Waals surface area contributed by atoms with Crippen LogP contribution < -0.4 is 19.6 Å². The molecule has 0 saturated carbocycles. The number of halogens is 1. The molecule has 166 valence electrons. The van der Waals surface area contributed by atoms with Gasteiger partial charge in [0.15, 0.2) is 11.5 Å². The Hall–Kier alpha value is -3.32. The van der Waals surface area contributed by atoms with Crippen molar-refractivity contribution in [1.29, 1.82) is 0 Å². The van der Waals surface area contributed by atoms with Gasteiger partial charge in [-0.1, -0.05) is 53.2 Å². The molecule has 0 heterocycles. The lowest BCUT2D eigenvalue weighted by Gasteiger charge is -2.12. The van der Waals surface area contributed by atoms with Gasteiger partial charge >= 0.3 is 0 Å². The van der Waals surface area contributed by atoms with Crippen molar-refractivity contribution in [2.45, 2.75) is 20.0 Å². The second-order valence-corrected chi connectivity index (χ2v) is 7.79. The minimum Gasteiger partial charge on any atom is -0.493 e. The molecule has 3 aromatic rings. The van der Waals surface area contributed by atoms with Crippen LogP contribution in [0.5, 0.6) is 17.2 Å². The zero-order valence-corrected chi connectivity index (χ0v) is 19.6. The summed E-state index contributed by atoms with van der Waals surface area (Å²) in [5.74, 6) is 1.37. The van der Waals surface area contributed by atoms with Gasteiger partial charge in [0.1, 0.15) is 12.4 Å². The van der Waals surface area contributed by atoms with Crippen LogP contribution in [0.4, 0.5) is 0 Å². The number of hydrogen-bond acceptors (Lipinski definition) is 5. The molecule has 0 aliphatic rings. The van der Waals surface area contributed by atoms with Crippen molar-refractivity contribution in [2.24, 2.45) is 5.10 Å². The van der Waals surface area contributed by atoms with Crippen molar-refractivity contribution in [3.05, 3.63) is 87.9 Å². The first kappa shape index (κ1) is 23.3. The molecule has 3 aromatic carbocycles. The van der Waals surface area contributed by atoms with Gasteiger partial charge in [-0.3, -0.25) is 4.79 Å². The fourth-order valence-electron chi connectivity index (χ4n) is 2.85. The molecule has 0 aromatic heterocycles. The topological polar surface area (TPSA) is 69.2 Å². The predicted molar refractivity (Wildman–Crippen MR) is 129 cm³/mol. The Balaban J connectivity index is 1.66. The van der Waals surface area contributed by atoms with Gasteiger partial charge in [0.2, 0.25) is 0 Å². The van der Waals surface area contributed by atoms with Crippen LogP contribution in [0.25, 0.3) is 0 Å². The summed E-state index contributed by atoms with van der Waals surface area (Å²) in [6.45, 7) is 3.05. The highest BCUT2D eigenvalue weighted by atomic mass is 79.9. The number of nitrogens with one attached hydrogen (secondary N) is 1. The van der Waals surface area contributed by atoms with E-state index in [-0.39, 0.29) is 5.91 Å². The summed E-state index contributed by atoms with van der Waals surface area (Å²) in [6, 6.07) is 20.5. The van der Waals surface area contributed by atoms with E-state index in [1.165, 1.54) is 7.11 Å². The second kappa shape index (κ2) is 11.9. The minimum atomic E-state index is -0.361. The van der Waals surface area contributed by atoms with Gasteiger partial charge in [-0.25, -0.2) is 5.43 Å². The molecule has 7 heteroatoms. The van der Waals surface area contributed by atoms with Crippen molar-refractivity contribution in [3.8, 4) is 17.2 Å². The van der Waals surface area contributed by atoms with Gasteiger partial charge in [0, 0.05) is 15.6 Å². The Bertz CT molecular complexity index is 1070. The van der Waals surface area contributed by atoms with E-state index >= 15 is 0 Å². The molecular formula is C25H25BrN2O4. The van der Waals surface area contributed by atoms with E-state index in [2.05, 4.69) is 26.5 Å². The molecule has 0 atom stereocenters. The molecular weight excluding hydrogens is 472 g/mol. The third-order valence-electron chi connectivity index (χ3n) is 4.47. The average molecular weight is 497 g/mol. The zero-order valence-electron chi connectivity index (χ0n) is 18.0. The van der Waals surface area contributed by atoms with E-state index < -0.39 is 0 Å². The summed E-state index contributed by atoms with van der Waals surface area (Å²) in [4.78, 5) is 12.6. The number of carbonyl (C=O) groups is 1. The summed E-state index contributed by atoms with van der Waals surface area (Å²) in [7, 11) is 1.54. The highest BCUT2D eigenvalue weighted by Gasteiger charge is 2.11. The molecule has 0 radical (unpaired) electrons. The number of carbonyl (C=O) groups excluding carboxylic acids is 1. The summed E-state index contributed by atoms with van der Waals surface area (Å²) in [6.07, 6.45) is 2.46. The highest BCUT2D eigenvalue weighted by Crippen LogP contribution is 2.29. The number of hydrazone groups is 1. The van der Waals surface area contributed by atoms with E-state index in [0.717, 1.165) is 22.0 Å². The number of hydrogen-bond donors (Lipinski definition) is 1. The normalized spacial score (nSPS) is 10.7. The molecule has 6 nitrogen and oxygen atoms in total. The van der Waals surface area contributed by atoms with E-state index in [9.17, 15) is 4.79 Å². The van der Waals surface area contributed by atoms with Gasteiger partial charge in [0.05, 0.1) is 19.9 Å². The van der Waals surface area contributed by atoms with Crippen LogP contribution in [-0.2, 0) is 6.61 Å². The molecule has 0 bridgehead atoms. The van der Waals surface area contributed by atoms with Gasteiger partial charge in [-0.2, -0.15) is 5.10 Å². The van der Waals surface area contributed by atoms with E-state index in [1.807, 2.05) is 55.5 Å². The number of amides is 1. The van der Waals surface area contributed by atoms with Crippen molar-refractivity contribution in [3.63, 3.8) is 0 Å². The van der Waals surface area contributed by atoms with Crippen molar-refractivity contribution < 1.29 is 19.0 Å². The van der Waals surface area contributed by atoms with Crippen LogP contribution in [0, 0.1) is 0 Å². The first-order chi connectivity index (χ1) is 15.6. The number of methoxy groups -OCH3 is 1. The molecule has 32 heavy (non-hydrogen) atoms. The van der Waals surface area contributed by atoms with Crippen LogP contribution in [-0.4, -0.2) is 25.8 Å². The highest BCUT2D eigenvalue weighted by molar-refractivity contribution is 9.10. The third-order valence-corrected chi connectivity index (χ3v) is 4.96. The standard InChI is InChI=1S/C25H25BrN2O4/c1-3-13-31-22-12-10-21(26)14-20(22)16-27-28-25(29)19-9-11-23(24(15-19)30-2)32-17-18-7-5-4-6-8-18/h4-12,14-16H,3,13,17H2,1-2H3,(H,28,29)/b27-16+. The Morgan fingerprint density at radius 2 is 1.78 bits per heavy atom. The fourth-order valence-corrected chi connectivity index (χ4v) is 3.23. The van der Waals surface area contributed by atoms with E-state index in [4.69, 9.17) is 14.2 Å². The SMILES string of the molecule is CCCOc1ccc(Br)cc1/C=N/NC(=O)c1ccc(OCc2ccccc2)c(OC)c1. The first-order valence-corrected chi connectivity index (χ1v) is 11.0. The summed E-state index contributed by atoms with van der Waals surface area (Å²) in [5, 5.41) is 4.08. The largest absolute Gasteiger partial charge is 0.493 e. The molecule has 3 rings (SSSR count). The summed E-state index contributed by atoms with van der Waals surface area (Å²) in [5.41, 5.74) is 4.75. The van der Waals surface area contributed by atoms with Gasteiger partial charge in [0.25, 0.3) is 5.91 Å². The van der Waals surface area contributed by atoms with Crippen LogP contribution in [0.3, 0.4) is 0 Å². The lowest BCUT2D eigenvalue weighted by atomic mass is 10.2. The van der Waals surface area contributed by atoms with Crippen LogP contribution in [0.1, 0.15) is 34.8 Å². The summed E-state index contributed by atoms with van der Waals surface area (Å²) >= 11 is 3.44. The van der Waals surface area contributed by atoms with E-state index in [0.29, 0.717) is 36.0 Å². The maximum atomic E-state index is 12.6. The van der Waals surface area contributed by atoms with Gasteiger partial charge in [-0.05, 0) is 48.4 Å². The number of ether oxygens (including phenoxy) is 3. The number of rotatable bonds is 10. The Kier molecular flexibility index (Phi) is 8.69. The Morgan fingerprint density at radius 3 is 2.53 bits per heavy atom. The smallest absolute Gasteiger partial charge is 0.271 e. The molecule has 0 fully saturated rings. The van der Waals surface area contributed by atoms with Crippen molar-refractivity contribution in [1.82, 2.24) is 5.43 Å². The van der Waals surface area contributed by atoms with Crippen LogP contribution >= 0.6 is 15.9 Å².